The maximum Gasteiger partial charge on any atom is 0.243 e. The number of hydrogen-bond donors (Lipinski definition) is 1. The van der Waals surface area contributed by atoms with Crippen LogP contribution in [0, 0.1) is 12.7 Å². The standard InChI is InChI=1S/C14H18FN5O2/c1-10-8-11(4-5-12(10)15)14-17-19-20(18-14)9-13(21)16-6-3-7-22-2/h4-5,8H,3,6-7,9H2,1-2H3,(H,16,21). The summed E-state index contributed by atoms with van der Waals surface area (Å²) < 4.78 is 18.1. The van der Waals surface area contributed by atoms with E-state index in [1.807, 2.05) is 0 Å². The van der Waals surface area contributed by atoms with Crippen LogP contribution in [-0.4, -0.2) is 46.4 Å². The van der Waals surface area contributed by atoms with E-state index in [0.29, 0.717) is 30.1 Å². The SMILES string of the molecule is COCCCNC(=O)Cn1nnc(-c2ccc(F)c(C)c2)n1. The molecule has 0 unspecified atom stereocenters. The first kappa shape index (κ1) is 16.0. The Hall–Kier alpha value is -2.35. The highest BCUT2D eigenvalue weighted by Crippen LogP contribution is 2.17. The molecule has 0 radical (unpaired) electrons. The number of aromatic nitrogens is 4. The second kappa shape index (κ2) is 7.60. The number of tetrazole rings is 1. The summed E-state index contributed by atoms with van der Waals surface area (Å²) >= 11 is 0. The van der Waals surface area contributed by atoms with E-state index in [-0.39, 0.29) is 18.3 Å². The molecule has 0 fully saturated rings. The summed E-state index contributed by atoms with van der Waals surface area (Å²) in [5, 5.41) is 14.6. The van der Waals surface area contributed by atoms with E-state index >= 15 is 0 Å². The molecular formula is C14H18FN5O2. The van der Waals surface area contributed by atoms with Crippen molar-refractivity contribution in [1.82, 2.24) is 25.5 Å². The zero-order valence-corrected chi connectivity index (χ0v) is 12.5. The van der Waals surface area contributed by atoms with Crippen molar-refractivity contribution < 1.29 is 13.9 Å². The molecule has 0 bridgehead atoms. The van der Waals surface area contributed by atoms with Crippen molar-refractivity contribution in [3.8, 4) is 11.4 Å². The summed E-state index contributed by atoms with van der Waals surface area (Å²) in [6.45, 7) is 2.78. The van der Waals surface area contributed by atoms with E-state index in [0.717, 1.165) is 6.42 Å². The highest BCUT2D eigenvalue weighted by atomic mass is 19.1. The minimum absolute atomic E-state index is 0.0137. The molecule has 0 spiro atoms. The molecule has 0 saturated heterocycles. The van der Waals surface area contributed by atoms with Gasteiger partial charge in [-0.3, -0.25) is 4.79 Å². The lowest BCUT2D eigenvalue weighted by Gasteiger charge is -2.03. The van der Waals surface area contributed by atoms with Gasteiger partial charge in [-0.25, -0.2) is 4.39 Å². The number of carbonyl (C=O) groups is 1. The van der Waals surface area contributed by atoms with Gasteiger partial charge in [-0.15, -0.1) is 10.2 Å². The van der Waals surface area contributed by atoms with Crippen LogP contribution in [-0.2, 0) is 16.1 Å². The fourth-order valence-corrected chi connectivity index (χ4v) is 1.84. The third kappa shape index (κ3) is 4.32. The Morgan fingerprint density at radius 2 is 2.27 bits per heavy atom. The van der Waals surface area contributed by atoms with Gasteiger partial charge in [-0.05, 0) is 42.3 Å². The van der Waals surface area contributed by atoms with Gasteiger partial charge in [0.05, 0.1) is 0 Å². The van der Waals surface area contributed by atoms with Crippen molar-refractivity contribution in [2.24, 2.45) is 0 Å². The van der Waals surface area contributed by atoms with Gasteiger partial charge in [-0.1, -0.05) is 0 Å². The Balaban J connectivity index is 1.93. The monoisotopic (exact) mass is 307 g/mol. The van der Waals surface area contributed by atoms with E-state index in [1.54, 1.807) is 26.2 Å². The van der Waals surface area contributed by atoms with Crippen LogP contribution < -0.4 is 5.32 Å². The lowest BCUT2D eigenvalue weighted by molar-refractivity contribution is -0.122. The van der Waals surface area contributed by atoms with Crippen molar-refractivity contribution in [1.29, 1.82) is 0 Å². The molecule has 1 heterocycles. The number of hydrogen-bond acceptors (Lipinski definition) is 5. The van der Waals surface area contributed by atoms with Crippen molar-refractivity contribution in [3.63, 3.8) is 0 Å². The maximum atomic E-state index is 13.2. The zero-order valence-electron chi connectivity index (χ0n) is 12.5. The molecule has 1 aromatic carbocycles. The van der Waals surface area contributed by atoms with Gasteiger partial charge in [0.1, 0.15) is 12.4 Å². The van der Waals surface area contributed by atoms with Gasteiger partial charge in [0.15, 0.2) is 0 Å². The molecule has 22 heavy (non-hydrogen) atoms. The third-order valence-corrected chi connectivity index (χ3v) is 3.00. The highest BCUT2D eigenvalue weighted by Gasteiger charge is 2.10. The number of benzene rings is 1. The molecule has 0 aliphatic rings. The van der Waals surface area contributed by atoms with Crippen LogP contribution in [0.15, 0.2) is 18.2 Å². The van der Waals surface area contributed by atoms with Gasteiger partial charge in [0, 0.05) is 25.8 Å². The first-order valence-electron chi connectivity index (χ1n) is 6.90. The summed E-state index contributed by atoms with van der Waals surface area (Å²) in [7, 11) is 1.61. The number of amides is 1. The fraction of sp³-hybridized carbons (Fsp3) is 0.429. The van der Waals surface area contributed by atoms with Crippen molar-refractivity contribution >= 4 is 5.91 Å². The largest absolute Gasteiger partial charge is 0.385 e. The van der Waals surface area contributed by atoms with E-state index in [2.05, 4.69) is 20.7 Å². The molecule has 0 saturated carbocycles. The van der Waals surface area contributed by atoms with E-state index < -0.39 is 0 Å². The van der Waals surface area contributed by atoms with E-state index in [1.165, 1.54) is 10.9 Å². The van der Waals surface area contributed by atoms with E-state index in [9.17, 15) is 9.18 Å². The molecule has 7 nitrogen and oxygen atoms in total. The summed E-state index contributed by atoms with van der Waals surface area (Å²) in [6.07, 6.45) is 0.743. The molecule has 0 aliphatic heterocycles. The van der Waals surface area contributed by atoms with E-state index in [4.69, 9.17) is 4.74 Å². The Kier molecular flexibility index (Phi) is 5.54. The lowest BCUT2D eigenvalue weighted by Crippen LogP contribution is -2.29. The number of ether oxygens (including phenoxy) is 1. The number of nitrogens with zero attached hydrogens (tertiary/aromatic N) is 4. The quantitative estimate of drug-likeness (QED) is 0.770. The summed E-state index contributed by atoms with van der Waals surface area (Å²) in [5.41, 5.74) is 1.16. The molecule has 1 aromatic heterocycles. The lowest BCUT2D eigenvalue weighted by atomic mass is 10.1. The third-order valence-electron chi connectivity index (χ3n) is 3.00. The Bertz CT molecular complexity index is 644. The number of nitrogens with one attached hydrogen (secondary N) is 1. The number of aryl methyl sites for hydroxylation is 1. The minimum atomic E-state index is -0.286. The zero-order chi connectivity index (χ0) is 15.9. The molecular weight excluding hydrogens is 289 g/mol. The summed E-state index contributed by atoms with van der Waals surface area (Å²) in [6, 6.07) is 4.57. The predicted molar refractivity (Wildman–Crippen MR) is 77.5 cm³/mol. The summed E-state index contributed by atoms with van der Waals surface area (Å²) in [5.74, 6) is -0.128. The second-order valence-electron chi connectivity index (χ2n) is 4.80. The molecule has 2 rings (SSSR count). The molecule has 118 valence electrons. The van der Waals surface area contributed by atoms with Crippen LogP contribution in [0.5, 0.6) is 0 Å². The molecule has 0 atom stereocenters. The van der Waals surface area contributed by atoms with Gasteiger partial charge < -0.3 is 10.1 Å². The summed E-state index contributed by atoms with van der Waals surface area (Å²) in [4.78, 5) is 12.9. The molecule has 2 aromatic rings. The number of carbonyl (C=O) groups excluding carboxylic acids is 1. The Morgan fingerprint density at radius 3 is 3.00 bits per heavy atom. The maximum absolute atomic E-state index is 13.2. The normalized spacial score (nSPS) is 10.7. The minimum Gasteiger partial charge on any atom is -0.385 e. The smallest absolute Gasteiger partial charge is 0.243 e. The van der Waals surface area contributed by atoms with Crippen LogP contribution in [0.1, 0.15) is 12.0 Å². The average Bonchev–Trinajstić information content (AvgIpc) is 2.95. The van der Waals surface area contributed by atoms with Crippen LogP contribution in [0.4, 0.5) is 4.39 Å². The Morgan fingerprint density at radius 1 is 1.45 bits per heavy atom. The van der Waals surface area contributed by atoms with Crippen molar-refractivity contribution in [3.05, 3.63) is 29.6 Å². The van der Waals surface area contributed by atoms with Gasteiger partial charge in [0.25, 0.3) is 0 Å². The van der Waals surface area contributed by atoms with Gasteiger partial charge in [0.2, 0.25) is 11.7 Å². The molecule has 1 amide bonds. The Labute approximate surface area is 127 Å². The van der Waals surface area contributed by atoms with Crippen molar-refractivity contribution in [2.45, 2.75) is 19.9 Å². The molecule has 1 N–H and O–H groups in total. The topological polar surface area (TPSA) is 81.9 Å². The van der Waals surface area contributed by atoms with Crippen LogP contribution >= 0.6 is 0 Å². The molecule has 0 aliphatic carbocycles. The average molecular weight is 307 g/mol. The van der Waals surface area contributed by atoms with Crippen LogP contribution in [0.3, 0.4) is 0 Å². The number of halogens is 1. The first-order valence-corrected chi connectivity index (χ1v) is 6.90. The second-order valence-corrected chi connectivity index (χ2v) is 4.80. The number of methoxy groups -OCH3 is 1. The first-order chi connectivity index (χ1) is 10.6. The highest BCUT2D eigenvalue weighted by molar-refractivity contribution is 5.75. The number of rotatable bonds is 7. The molecule has 8 heteroatoms. The van der Waals surface area contributed by atoms with Gasteiger partial charge >= 0.3 is 0 Å². The van der Waals surface area contributed by atoms with Crippen LogP contribution in [0.25, 0.3) is 11.4 Å². The van der Waals surface area contributed by atoms with Gasteiger partial charge in [-0.2, -0.15) is 4.80 Å². The van der Waals surface area contributed by atoms with Crippen LogP contribution in [0.2, 0.25) is 0 Å². The predicted octanol–water partition coefficient (Wildman–Crippen LogP) is 0.940. The fourth-order valence-electron chi connectivity index (χ4n) is 1.84. The van der Waals surface area contributed by atoms with Crippen molar-refractivity contribution in [2.75, 3.05) is 20.3 Å².